The fourth-order valence-electron chi connectivity index (χ4n) is 3.70. The lowest BCUT2D eigenvalue weighted by Crippen LogP contribution is -2.33. The summed E-state index contributed by atoms with van der Waals surface area (Å²) >= 11 is 0. The highest BCUT2D eigenvalue weighted by molar-refractivity contribution is 5.37. The number of aromatic nitrogens is 1. The first kappa shape index (κ1) is 18.7. The summed E-state index contributed by atoms with van der Waals surface area (Å²) in [6.07, 6.45) is 4.06. The van der Waals surface area contributed by atoms with Crippen molar-refractivity contribution in [2.24, 2.45) is 7.05 Å². The Morgan fingerprint density at radius 1 is 1.12 bits per heavy atom. The Morgan fingerprint density at radius 3 is 2.54 bits per heavy atom. The van der Waals surface area contributed by atoms with E-state index in [-0.39, 0.29) is 5.56 Å². The Morgan fingerprint density at radius 2 is 1.88 bits per heavy atom. The van der Waals surface area contributed by atoms with Gasteiger partial charge in [0.05, 0.1) is 13.7 Å². The number of methoxy groups -OCH3 is 2. The van der Waals surface area contributed by atoms with Crippen LogP contribution in [-0.4, -0.2) is 36.8 Å². The maximum atomic E-state index is 11.9. The van der Waals surface area contributed by atoms with Gasteiger partial charge in [-0.05, 0) is 61.2 Å². The Balaban J connectivity index is 1.61. The first-order chi connectivity index (χ1) is 12.6. The number of likely N-dealkylation sites (tertiary alicyclic amines) is 1. The minimum absolute atomic E-state index is 0.0776. The van der Waals surface area contributed by atoms with Crippen LogP contribution in [-0.2, 0) is 24.9 Å². The molecule has 0 radical (unpaired) electrons. The van der Waals surface area contributed by atoms with Crippen LogP contribution in [0, 0.1) is 0 Å². The Bertz CT molecular complexity index is 792. The lowest BCUT2D eigenvalue weighted by atomic mass is 9.90. The molecule has 0 aliphatic carbocycles. The number of pyridine rings is 1. The normalized spacial score (nSPS) is 16.0. The average Bonchev–Trinajstić information content (AvgIpc) is 2.65. The third kappa shape index (κ3) is 4.34. The first-order valence-electron chi connectivity index (χ1n) is 9.14. The van der Waals surface area contributed by atoms with Crippen LogP contribution in [0.2, 0.25) is 0 Å². The standard InChI is InChI=1S/C21H28N2O3/c1-22-9-6-18(13-21(22)24)17-7-10-23(11-8-17)14-16-4-5-20(26-3)19(12-16)15-25-2/h4-6,9,12-13,17H,7-8,10-11,14-15H2,1-3H3. The van der Waals surface area contributed by atoms with Crippen LogP contribution in [0.3, 0.4) is 0 Å². The van der Waals surface area contributed by atoms with Gasteiger partial charge in [-0.25, -0.2) is 0 Å². The molecular weight excluding hydrogens is 328 g/mol. The molecule has 0 unspecified atom stereocenters. The second-order valence-electron chi connectivity index (χ2n) is 7.04. The molecule has 26 heavy (non-hydrogen) atoms. The molecule has 1 fully saturated rings. The van der Waals surface area contributed by atoms with Crippen molar-refractivity contribution in [2.45, 2.75) is 31.9 Å². The van der Waals surface area contributed by atoms with Crippen molar-refractivity contribution in [1.29, 1.82) is 0 Å². The molecule has 140 valence electrons. The average molecular weight is 356 g/mol. The molecule has 0 amide bonds. The van der Waals surface area contributed by atoms with E-state index in [0.717, 1.165) is 43.8 Å². The SMILES string of the molecule is COCc1cc(CN2CCC(c3ccn(C)c(=O)c3)CC2)ccc1OC. The zero-order valence-corrected chi connectivity index (χ0v) is 15.9. The molecule has 3 rings (SSSR count). The number of hydrogen-bond donors (Lipinski definition) is 0. The monoisotopic (exact) mass is 356 g/mol. The van der Waals surface area contributed by atoms with Crippen molar-refractivity contribution in [3.63, 3.8) is 0 Å². The van der Waals surface area contributed by atoms with Gasteiger partial charge in [-0.15, -0.1) is 0 Å². The molecule has 0 N–H and O–H groups in total. The first-order valence-corrected chi connectivity index (χ1v) is 9.14. The molecule has 2 aromatic rings. The highest BCUT2D eigenvalue weighted by atomic mass is 16.5. The van der Waals surface area contributed by atoms with Gasteiger partial charge in [-0.2, -0.15) is 0 Å². The molecule has 0 bridgehead atoms. The number of aryl methyl sites for hydroxylation is 1. The summed E-state index contributed by atoms with van der Waals surface area (Å²) in [5.41, 5.74) is 3.63. The van der Waals surface area contributed by atoms with E-state index in [4.69, 9.17) is 9.47 Å². The van der Waals surface area contributed by atoms with Crippen LogP contribution in [0.15, 0.2) is 41.3 Å². The number of hydrogen-bond acceptors (Lipinski definition) is 4. The topological polar surface area (TPSA) is 43.7 Å². The minimum Gasteiger partial charge on any atom is -0.496 e. The van der Waals surface area contributed by atoms with Gasteiger partial charge >= 0.3 is 0 Å². The Hall–Kier alpha value is -2.11. The molecule has 1 aliphatic rings. The molecule has 0 atom stereocenters. The number of ether oxygens (including phenoxy) is 2. The minimum atomic E-state index is 0.0776. The van der Waals surface area contributed by atoms with Gasteiger partial charge in [-0.1, -0.05) is 6.07 Å². The van der Waals surface area contributed by atoms with Crippen LogP contribution in [0.4, 0.5) is 0 Å². The lowest BCUT2D eigenvalue weighted by molar-refractivity contribution is 0.181. The third-order valence-corrected chi connectivity index (χ3v) is 5.24. The summed E-state index contributed by atoms with van der Waals surface area (Å²) in [6, 6.07) is 10.2. The van der Waals surface area contributed by atoms with E-state index in [1.165, 1.54) is 11.1 Å². The van der Waals surface area contributed by atoms with Crippen molar-refractivity contribution in [2.75, 3.05) is 27.3 Å². The van der Waals surface area contributed by atoms with Gasteiger partial charge in [0, 0.05) is 38.5 Å². The van der Waals surface area contributed by atoms with E-state index in [0.29, 0.717) is 12.5 Å². The van der Waals surface area contributed by atoms with Crippen molar-refractivity contribution in [3.8, 4) is 5.75 Å². The number of rotatable bonds is 6. The Kier molecular flexibility index (Phi) is 6.12. The molecule has 1 aliphatic heterocycles. The van der Waals surface area contributed by atoms with Crippen molar-refractivity contribution in [1.82, 2.24) is 9.47 Å². The predicted octanol–water partition coefficient (Wildman–Crippen LogP) is 2.92. The summed E-state index contributed by atoms with van der Waals surface area (Å²) in [5.74, 6) is 1.36. The van der Waals surface area contributed by atoms with Crippen LogP contribution in [0.5, 0.6) is 5.75 Å². The van der Waals surface area contributed by atoms with E-state index < -0.39 is 0 Å². The number of piperidine rings is 1. The van der Waals surface area contributed by atoms with Gasteiger partial charge in [0.15, 0.2) is 0 Å². The summed E-state index contributed by atoms with van der Waals surface area (Å²) < 4.78 is 12.3. The molecule has 2 heterocycles. The van der Waals surface area contributed by atoms with Crippen LogP contribution >= 0.6 is 0 Å². The van der Waals surface area contributed by atoms with E-state index >= 15 is 0 Å². The van der Waals surface area contributed by atoms with Gasteiger partial charge in [0.2, 0.25) is 0 Å². The summed E-state index contributed by atoms with van der Waals surface area (Å²) in [7, 11) is 5.19. The zero-order chi connectivity index (χ0) is 18.5. The molecule has 5 nitrogen and oxygen atoms in total. The molecule has 0 saturated carbocycles. The maximum Gasteiger partial charge on any atom is 0.250 e. The van der Waals surface area contributed by atoms with E-state index in [1.54, 1.807) is 31.9 Å². The van der Waals surface area contributed by atoms with Crippen LogP contribution in [0.25, 0.3) is 0 Å². The molecule has 1 aromatic carbocycles. The maximum absolute atomic E-state index is 11.9. The summed E-state index contributed by atoms with van der Waals surface area (Å²) in [4.78, 5) is 14.3. The van der Waals surface area contributed by atoms with Crippen molar-refractivity contribution >= 4 is 0 Å². The Labute approximate surface area is 155 Å². The van der Waals surface area contributed by atoms with Crippen molar-refractivity contribution < 1.29 is 9.47 Å². The van der Waals surface area contributed by atoms with Gasteiger partial charge in [0.25, 0.3) is 5.56 Å². The van der Waals surface area contributed by atoms with Crippen LogP contribution < -0.4 is 10.3 Å². The quantitative estimate of drug-likeness (QED) is 0.798. The molecule has 5 heteroatoms. The van der Waals surface area contributed by atoms with E-state index in [9.17, 15) is 4.79 Å². The largest absolute Gasteiger partial charge is 0.496 e. The third-order valence-electron chi connectivity index (χ3n) is 5.24. The van der Waals surface area contributed by atoms with Gasteiger partial charge < -0.3 is 14.0 Å². The molecule has 0 spiro atoms. The van der Waals surface area contributed by atoms with E-state index in [2.05, 4.69) is 23.1 Å². The fourth-order valence-corrected chi connectivity index (χ4v) is 3.70. The van der Waals surface area contributed by atoms with Crippen LogP contribution in [0.1, 0.15) is 35.4 Å². The highest BCUT2D eigenvalue weighted by Crippen LogP contribution is 2.28. The zero-order valence-electron chi connectivity index (χ0n) is 15.9. The molecule has 1 saturated heterocycles. The van der Waals surface area contributed by atoms with Gasteiger partial charge in [-0.3, -0.25) is 9.69 Å². The van der Waals surface area contributed by atoms with Gasteiger partial charge in [0.1, 0.15) is 5.75 Å². The lowest BCUT2D eigenvalue weighted by Gasteiger charge is -2.32. The molecule has 1 aromatic heterocycles. The second kappa shape index (κ2) is 8.52. The van der Waals surface area contributed by atoms with Crippen molar-refractivity contribution in [3.05, 3.63) is 63.6 Å². The van der Waals surface area contributed by atoms with E-state index in [1.807, 2.05) is 12.3 Å². The molecular formula is C21H28N2O3. The summed E-state index contributed by atoms with van der Waals surface area (Å²) in [6.45, 7) is 3.59. The predicted molar refractivity (Wildman–Crippen MR) is 103 cm³/mol. The summed E-state index contributed by atoms with van der Waals surface area (Å²) in [5, 5.41) is 0. The number of benzene rings is 1. The fraction of sp³-hybridized carbons (Fsp3) is 0.476. The second-order valence-corrected chi connectivity index (χ2v) is 7.04. The smallest absolute Gasteiger partial charge is 0.250 e. The highest BCUT2D eigenvalue weighted by Gasteiger charge is 2.21. The number of nitrogens with zero attached hydrogens (tertiary/aromatic N) is 2.